The smallest absolute Gasteiger partial charge is 0.136 e. The van der Waals surface area contributed by atoms with E-state index in [-0.39, 0.29) is 10.8 Å². The zero-order valence-corrected chi connectivity index (χ0v) is 61.3. The number of hydrogen-bond acceptors (Lipinski definition) is 2. The number of rotatable bonds is 8. The molecule has 10 aliphatic rings. The van der Waals surface area contributed by atoms with E-state index >= 15 is 0 Å². The predicted octanol–water partition coefficient (Wildman–Crippen LogP) is 28.1. The molecule has 0 radical (unpaired) electrons. The molecule has 518 valence electrons. The van der Waals surface area contributed by atoms with Crippen molar-refractivity contribution in [1.29, 1.82) is 0 Å². The van der Waals surface area contributed by atoms with E-state index < -0.39 is 0 Å². The minimum atomic E-state index is 0.112. The largest absolute Gasteiger partial charge is 0.456 e. The lowest BCUT2D eigenvalue weighted by Crippen LogP contribution is -2.55. The predicted molar refractivity (Wildman–Crippen MR) is 453 cm³/mol. The molecular formula is C104H80N2OS. The Bertz CT molecular complexity index is 6720. The summed E-state index contributed by atoms with van der Waals surface area (Å²) in [5.74, 6) is 6.79. The van der Waals surface area contributed by atoms with Crippen molar-refractivity contribution in [2.75, 3.05) is 0 Å². The Morgan fingerprint density at radius 1 is 0.315 bits per heavy atom. The third-order valence-electron chi connectivity index (χ3n) is 28.6. The van der Waals surface area contributed by atoms with Crippen molar-refractivity contribution < 1.29 is 4.42 Å². The van der Waals surface area contributed by atoms with Gasteiger partial charge in [-0.2, -0.15) is 0 Å². The molecule has 4 aromatic heterocycles. The minimum Gasteiger partial charge on any atom is -0.456 e. The van der Waals surface area contributed by atoms with E-state index in [1.54, 1.807) is 16.7 Å². The van der Waals surface area contributed by atoms with Crippen LogP contribution in [-0.4, -0.2) is 9.13 Å². The summed E-state index contributed by atoms with van der Waals surface area (Å²) >= 11 is 1.89. The molecule has 8 fully saturated rings. The highest BCUT2D eigenvalue weighted by Crippen LogP contribution is 2.71. The Labute approximate surface area is 633 Å². The fourth-order valence-corrected chi connectivity index (χ4v) is 26.2. The lowest BCUT2D eigenvalue weighted by molar-refractivity contribution is -0.0406. The van der Waals surface area contributed by atoms with Crippen molar-refractivity contribution in [3.05, 3.63) is 332 Å². The standard InChI is InChI=1S/C52H39NO.C52H41NS/c1-4-12-45-40(8-1)43-29-34(18-22-46(43)52(45)36-25-31-24-32(27-36)28-37(52)26-31)35-19-23-48-44(30-35)41-9-2-5-13-47(41)53(48)38-20-16-33(17-21-38)39-11-7-15-50-51(39)42-10-3-6-14-49(42)54-50;1-3-39-44-29-33(19-21-47(44)52(46(39)4-2)36-24-31-23-32(26-36)27-37(52)25-31)34-20-22-49-45(30-34)41-13-5-7-17-48(41)53(49)38-12-9-11-35(28-38)40-15-10-16-43-42-14-6-8-18-50(42)54-51(40)43/h1-23,29-32,36-37H,24-28H2;3-22,28-32,36-37H,1-2,23-27H2. The van der Waals surface area contributed by atoms with Crippen LogP contribution in [0.3, 0.4) is 0 Å². The van der Waals surface area contributed by atoms with Gasteiger partial charge >= 0.3 is 0 Å². The molecule has 8 bridgehead atoms. The molecular weight excluding hydrogens is 1330 g/mol. The zero-order chi connectivity index (χ0) is 70.8. The molecule has 2 spiro atoms. The van der Waals surface area contributed by atoms with E-state index in [0.29, 0.717) is 0 Å². The van der Waals surface area contributed by atoms with Crippen LogP contribution in [0.15, 0.2) is 314 Å². The summed E-state index contributed by atoms with van der Waals surface area (Å²) < 4.78 is 13.8. The topological polar surface area (TPSA) is 23.0 Å². The van der Waals surface area contributed by atoms with Crippen LogP contribution < -0.4 is 0 Å². The van der Waals surface area contributed by atoms with Crippen LogP contribution in [0.2, 0.25) is 0 Å². The van der Waals surface area contributed by atoms with E-state index in [1.165, 1.54) is 211 Å². The first-order valence-electron chi connectivity index (χ1n) is 39.8. The Balaban J connectivity index is 0.000000127. The van der Waals surface area contributed by atoms with E-state index in [9.17, 15) is 0 Å². The average molecular weight is 1410 g/mol. The Kier molecular flexibility index (Phi) is 13.2. The van der Waals surface area contributed by atoms with Crippen LogP contribution >= 0.6 is 11.3 Å². The van der Waals surface area contributed by atoms with E-state index in [4.69, 9.17) is 4.42 Å². The molecule has 3 nitrogen and oxygen atoms in total. The highest BCUT2D eigenvalue weighted by Gasteiger charge is 2.63. The molecule has 0 atom stereocenters. The summed E-state index contributed by atoms with van der Waals surface area (Å²) in [4.78, 5) is 0. The number of aromatic nitrogens is 2. The molecule has 27 rings (SSSR count). The van der Waals surface area contributed by atoms with Crippen molar-refractivity contribution in [2.24, 2.45) is 47.3 Å². The summed E-state index contributed by atoms with van der Waals surface area (Å²) in [7, 11) is 0. The second-order valence-corrected chi connectivity index (χ2v) is 34.5. The third-order valence-corrected chi connectivity index (χ3v) is 29.8. The van der Waals surface area contributed by atoms with Crippen molar-refractivity contribution in [3.8, 4) is 67.0 Å². The van der Waals surface area contributed by atoms with Crippen molar-refractivity contribution in [2.45, 2.75) is 75.0 Å². The summed E-state index contributed by atoms with van der Waals surface area (Å²) in [5, 5.41) is 10.1. The van der Waals surface area contributed by atoms with Crippen LogP contribution in [-0.2, 0) is 10.8 Å². The lowest BCUT2D eigenvalue weighted by atomic mass is 9.42. The molecule has 17 aromatic rings. The van der Waals surface area contributed by atoms with Gasteiger partial charge in [0.2, 0.25) is 0 Å². The van der Waals surface area contributed by atoms with Crippen LogP contribution in [0.25, 0.3) is 158 Å². The number of thiophene rings is 1. The van der Waals surface area contributed by atoms with Gasteiger partial charge in [-0.05, 0) is 292 Å². The Morgan fingerprint density at radius 2 is 0.796 bits per heavy atom. The first-order valence-corrected chi connectivity index (χ1v) is 40.7. The Hall–Kier alpha value is -11.3. The molecule has 0 N–H and O–H groups in total. The highest BCUT2D eigenvalue weighted by molar-refractivity contribution is 7.26. The summed E-state index contributed by atoms with van der Waals surface area (Å²) in [5.41, 5.74) is 31.4. The van der Waals surface area contributed by atoms with E-state index in [2.05, 4.69) is 307 Å². The summed E-state index contributed by atoms with van der Waals surface area (Å²) in [6, 6.07) is 105. The van der Waals surface area contributed by atoms with E-state index in [1.807, 2.05) is 17.4 Å². The van der Waals surface area contributed by atoms with Crippen molar-refractivity contribution in [3.63, 3.8) is 0 Å². The number of nitrogens with zero attached hydrogens (tertiary/aromatic N) is 2. The minimum absolute atomic E-state index is 0.112. The SMILES string of the molecule is C=CC1=C(C=C)C2(c3ccc(-c4ccc5c(c4)c4ccccc4n5-c4cccc(-c5cccc6c5sc5ccccc56)c4)cc31)C1CC3CC(C1)CC2C3.c1ccc2c(c1)-c1cc(-c3ccc4c(c3)c3ccccc3n4-c3ccc(-c4cccc5oc6ccccc6c45)cc3)ccc1C21C2CC3CC(C2)CC1C3. The molecule has 4 heteroatoms. The quantitative estimate of drug-likeness (QED) is 0.149. The maximum atomic E-state index is 6.22. The fourth-order valence-electron chi connectivity index (χ4n) is 24.9. The number of allylic oxidation sites excluding steroid dienone is 4. The molecule has 13 aromatic carbocycles. The Morgan fingerprint density at radius 3 is 1.46 bits per heavy atom. The average Bonchev–Trinajstić information content (AvgIpc) is 1.48. The molecule has 10 aliphatic carbocycles. The number of hydrogen-bond donors (Lipinski definition) is 0. The van der Waals surface area contributed by atoms with Gasteiger partial charge < -0.3 is 13.6 Å². The van der Waals surface area contributed by atoms with Gasteiger partial charge in [-0.15, -0.1) is 11.3 Å². The second-order valence-electron chi connectivity index (χ2n) is 33.5. The molecule has 8 saturated carbocycles. The van der Waals surface area contributed by atoms with Gasteiger partial charge in [-0.25, -0.2) is 0 Å². The number of para-hydroxylation sites is 3. The van der Waals surface area contributed by atoms with Crippen molar-refractivity contribution >= 4 is 103 Å². The molecule has 4 heterocycles. The maximum absolute atomic E-state index is 6.22. The van der Waals surface area contributed by atoms with Gasteiger partial charge in [-0.1, -0.05) is 213 Å². The van der Waals surface area contributed by atoms with Gasteiger partial charge in [-0.3, -0.25) is 0 Å². The molecule has 0 amide bonds. The third kappa shape index (κ3) is 8.56. The van der Waals surface area contributed by atoms with E-state index in [0.717, 1.165) is 69.6 Å². The van der Waals surface area contributed by atoms with Crippen LogP contribution in [0.5, 0.6) is 0 Å². The maximum Gasteiger partial charge on any atom is 0.136 e. The molecule has 0 unspecified atom stereocenters. The van der Waals surface area contributed by atoms with Crippen LogP contribution in [0.1, 0.15) is 86.5 Å². The normalized spacial score (nSPS) is 23.9. The van der Waals surface area contributed by atoms with Crippen LogP contribution in [0.4, 0.5) is 0 Å². The first-order chi connectivity index (χ1) is 53.4. The number of furan rings is 1. The molecule has 108 heavy (non-hydrogen) atoms. The molecule has 0 saturated heterocycles. The van der Waals surface area contributed by atoms with Gasteiger partial charge in [0.05, 0.1) is 22.1 Å². The van der Waals surface area contributed by atoms with Crippen molar-refractivity contribution in [1.82, 2.24) is 9.13 Å². The monoisotopic (exact) mass is 1400 g/mol. The zero-order valence-electron chi connectivity index (χ0n) is 60.5. The second kappa shape index (κ2) is 23.1. The first kappa shape index (κ1) is 61.8. The van der Waals surface area contributed by atoms with Gasteiger partial charge in [0, 0.05) is 74.7 Å². The fraction of sp³-hybridized carbons (Fsp3) is 0.192. The van der Waals surface area contributed by atoms with Crippen LogP contribution in [0, 0.1) is 47.3 Å². The summed E-state index contributed by atoms with van der Waals surface area (Å²) in [6.45, 7) is 8.83. The van der Waals surface area contributed by atoms with Gasteiger partial charge in [0.1, 0.15) is 11.2 Å². The number of fused-ring (bicyclic) bond motifs is 16. The summed E-state index contributed by atoms with van der Waals surface area (Å²) in [6.07, 6.45) is 18.5. The lowest BCUT2D eigenvalue weighted by Gasteiger charge is -2.61. The van der Waals surface area contributed by atoms with Gasteiger partial charge in [0.15, 0.2) is 0 Å². The highest BCUT2D eigenvalue weighted by atomic mass is 32.1. The van der Waals surface area contributed by atoms with Gasteiger partial charge in [0.25, 0.3) is 0 Å². The number of benzene rings is 13. The molecule has 0 aliphatic heterocycles.